The molecule has 0 saturated carbocycles. The molecule has 0 spiro atoms. The van der Waals surface area contributed by atoms with E-state index >= 15 is 0 Å². The number of hydrogen-bond acceptors (Lipinski definition) is 5. The average Bonchev–Trinajstić information content (AvgIpc) is 2.52. The summed E-state index contributed by atoms with van der Waals surface area (Å²) in [6.07, 6.45) is 3.80. The fourth-order valence-corrected chi connectivity index (χ4v) is 2.00. The summed E-state index contributed by atoms with van der Waals surface area (Å²) in [6, 6.07) is 2.91. The lowest BCUT2D eigenvalue weighted by molar-refractivity contribution is -0.143. The van der Waals surface area contributed by atoms with Gasteiger partial charge < -0.3 is 14.7 Å². The molecule has 1 N–H and O–H groups in total. The Morgan fingerprint density at radius 2 is 2.00 bits per heavy atom. The van der Waals surface area contributed by atoms with Crippen molar-refractivity contribution in [2.24, 2.45) is 0 Å². The van der Waals surface area contributed by atoms with Gasteiger partial charge in [0.2, 0.25) is 0 Å². The Morgan fingerprint density at radius 1 is 1.33 bits per heavy atom. The Kier molecular flexibility index (Phi) is 7.39. The number of carbonyl (C=O) groups excluding carboxylic acids is 2. The Balaban J connectivity index is 2.82. The number of ether oxygens (including phenoxy) is 1. The Hall–Kier alpha value is -1.95. The van der Waals surface area contributed by atoms with Crippen molar-refractivity contribution in [1.29, 1.82) is 0 Å². The number of esters is 1. The van der Waals surface area contributed by atoms with Crippen molar-refractivity contribution in [2.45, 2.75) is 32.7 Å². The van der Waals surface area contributed by atoms with Gasteiger partial charge in [0.05, 0.1) is 25.7 Å². The Labute approximate surface area is 124 Å². The summed E-state index contributed by atoms with van der Waals surface area (Å²) in [6.45, 7) is 4.02. The summed E-state index contributed by atoms with van der Waals surface area (Å²) in [7, 11) is 0. The van der Waals surface area contributed by atoms with Crippen LogP contribution in [-0.4, -0.2) is 52.7 Å². The molecule has 6 nitrogen and oxygen atoms in total. The predicted molar refractivity (Wildman–Crippen MR) is 77.7 cm³/mol. The first-order chi connectivity index (χ1) is 10.1. The van der Waals surface area contributed by atoms with Crippen molar-refractivity contribution in [2.75, 3.05) is 19.8 Å². The SMILES string of the molecule is CCOC(=O)CCN(C(=O)c1ccncc1)C(CC)CO. The standard InChI is InChI=1S/C15H22N2O4/c1-3-13(11-18)17(10-7-14(19)21-4-2)15(20)12-5-8-16-9-6-12/h5-6,8-9,13,18H,3-4,7,10-11H2,1-2H3. The second-order valence-electron chi connectivity index (χ2n) is 4.53. The van der Waals surface area contributed by atoms with Gasteiger partial charge >= 0.3 is 5.97 Å². The maximum Gasteiger partial charge on any atom is 0.307 e. The van der Waals surface area contributed by atoms with E-state index < -0.39 is 0 Å². The lowest BCUT2D eigenvalue weighted by Gasteiger charge is -2.29. The number of aromatic nitrogens is 1. The molecule has 21 heavy (non-hydrogen) atoms. The molecule has 1 heterocycles. The number of carbonyl (C=O) groups is 2. The highest BCUT2D eigenvalue weighted by Gasteiger charge is 2.23. The Bertz CT molecular complexity index is 446. The highest BCUT2D eigenvalue weighted by atomic mass is 16.5. The van der Waals surface area contributed by atoms with Crippen LogP contribution in [0.15, 0.2) is 24.5 Å². The van der Waals surface area contributed by atoms with Gasteiger partial charge in [0.25, 0.3) is 5.91 Å². The molecule has 0 bridgehead atoms. The van der Waals surface area contributed by atoms with Gasteiger partial charge in [-0.15, -0.1) is 0 Å². The molecule has 0 aromatic carbocycles. The van der Waals surface area contributed by atoms with Crippen molar-refractivity contribution in [3.63, 3.8) is 0 Å². The summed E-state index contributed by atoms with van der Waals surface area (Å²) in [4.78, 5) is 29.4. The zero-order valence-electron chi connectivity index (χ0n) is 12.5. The van der Waals surface area contributed by atoms with Crippen LogP contribution >= 0.6 is 0 Å². The topological polar surface area (TPSA) is 79.7 Å². The minimum atomic E-state index is -0.349. The van der Waals surface area contributed by atoms with E-state index in [1.165, 1.54) is 17.3 Å². The van der Waals surface area contributed by atoms with Gasteiger partial charge in [-0.1, -0.05) is 6.92 Å². The van der Waals surface area contributed by atoms with E-state index in [1.54, 1.807) is 19.1 Å². The van der Waals surface area contributed by atoms with Crippen LogP contribution in [0.1, 0.15) is 37.0 Å². The summed E-state index contributed by atoms with van der Waals surface area (Å²) >= 11 is 0. The molecule has 116 valence electrons. The predicted octanol–water partition coefficient (Wildman–Crippen LogP) is 1.25. The second kappa shape index (κ2) is 9.07. The highest BCUT2D eigenvalue weighted by Crippen LogP contribution is 2.11. The third-order valence-corrected chi connectivity index (χ3v) is 3.17. The van der Waals surface area contributed by atoms with Crippen LogP contribution in [0.5, 0.6) is 0 Å². The van der Waals surface area contributed by atoms with E-state index in [9.17, 15) is 14.7 Å². The molecule has 1 rings (SSSR count). The largest absolute Gasteiger partial charge is 0.466 e. The van der Waals surface area contributed by atoms with Crippen LogP contribution in [-0.2, 0) is 9.53 Å². The lowest BCUT2D eigenvalue weighted by Crippen LogP contribution is -2.43. The summed E-state index contributed by atoms with van der Waals surface area (Å²) in [5.41, 5.74) is 0.487. The number of aliphatic hydroxyl groups is 1. The zero-order valence-corrected chi connectivity index (χ0v) is 12.5. The maximum absolute atomic E-state index is 12.5. The third kappa shape index (κ3) is 5.15. The minimum absolute atomic E-state index is 0.112. The number of rotatable bonds is 8. The first-order valence-electron chi connectivity index (χ1n) is 7.11. The average molecular weight is 294 g/mol. The van der Waals surface area contributed by atoms with Gasteiger partial charge in [-0.25, -0.2) is 0 Å². The van der Waals surface area contributed by atoms with E-state index in [2.05, 4.69) is 4.98 Å². The number of amides is 1. The van der Waals surface area contributed by atoms with Crippen LogP contribution < -0.4 is 0 Å². The summed E-state index contributed by atoms with van der Waals surface area (Å²) in [5, 5.41) is 9.44. The molecule has 0 fully saturated rings. The maximum atomic E-state index is 12.5. The second-order valence-corrected chi connectivity index (χ2v) is 4.53. The minimum Gasteiger partial charge on any atom is -0.466 e. The number of pyridine rings is 1. The molecule has 1 amide bonds. The van der Waals surface area contributed by atoms with E-state index in [0.717, 1.165) is 0 Å². The molecule has 1 unspecified atom stereocenters. The number of hydrogen-bond donors (Lipinski definition) is 1. The molecule has 1 aromatic rings. The first kappa shape index (κ1) is 17.1. The zero-order chi connectivity index (χ0) is 15.7. The molecular weight excluding hydrogens is 272 g/mol. The van der Waals surface area contributed by atoms with Crippen molar-refractivity contribution < 1.29 is 19.4 Å². The quantitative estimate of drug-likeness (QED) is 0.730. The normalized spacial score (nSPS) is 11.8. The smallest absolute Gasteiger partial charge is 0.307 e. The van der Waals surface area contributed by atoms with Gasteiger partial charge in [0.1, 0.15) is 0 Å². The van der Waals surface area contributed by atoms with Gasteiger partial charge in [-0.3, -0.25) is 14.6 Å². The van der Waals surface area contributed by atoms with Crippen LogP contribution in [0.4, 0.5) is 0 Å². The van der Waals surface area contributed by atoms with Gasteiger partial charge in [-0.05, 0) is 25.5 Å². The van der Waals surface area contributed by atoms with Crippen molar-refractivity contribution in [1.82, 2.24) is 9.88 Å². The van der Waals surface area contributed by atoms with Crippen LogP contribution in [0.2, 0.25) is 0 Å². The van der Waals surface area contributed by atoms with Crippen LogP contribution in [0.25, 0.3) is 0 Å². The van der Waals surface area contributed by atoms with Gasteiger partial charge in [0, 0.05) is 24.5 Å². The van der Waals surface area contributed by atoms with E-state index in [4.69, 9.17) is 4.74 Å². The highest BCUT2D eigenvalue weighted by molar-refractivity contribution is 5.94. The van der Waals surface area contributed by atoms with Crippen molar-refractivity contribution in [3.05, 3.63) is 30.1 Å². The van der Waals surface area contributed by atoms with E-state index in [1.807, 2.05) is 6.92 Å². The molecule has 0 radical (unpaired) electrons. The van der Waals surface area contributed by atoms with E-state index in [0.29, 0.717) is 18.6 Å². The van der Waals surface area contributed by atoms with Gasteiger partial charge in [0.15, 0.2) is 0 Å². The molecule has 6 heteroatoms. The molecule has 0 saturated heterocycles. The monoisotopic (exact) mass is 294 g/mol. The van der Waals surface area contributed by atoms with Crippen molar-refractivity contribution in [3.8, 4) is 0 Å². The lowest BCUT2D eigenvalue weighted by atomic mass is 10.1. The van der Waals surface area contributed by atoms with E-state index in [-0.39, 0.29) is 37.5 Å². The molecule has 0 aliphatic heterocycles. The Morgan fingerprint density at radius 3 is 2.52 bits per heavy atom. The fraction of sp³-hybridized carbons (Fsp3) is 0.533. The van der Waals surface area contributed by atoms with Gasteiger partial charge in [-0.2, -0.15) is 0 Å². The summed E-state index contributed by atoms with van der Waals surface area (Å²) in [5.74, 6) is -0.569. The number of nitrogens with zero attached hydrogens (tertiary/aromatic N) is 2. The molecular formula is C15H22N2O4. The van der Waals surface area contributed by atoms with Crippen molar-refractivity contribution >= 4 is 11.9 Å². The first-order valence-corrected chi connectivity index (χ1v) is 7.11. The molecule has 0 aliphatic rings. The van der Waals surface area contributed by atoms with Crippen LogP contribution in [0.3, 0.4) is 0 Å². The van der Waals surface area contributed by atoms with Crippen LogP contribution in [0, 0.1) is 0 Å². The number of aliphatic hydroxyl groups excluding tert-OH is 1. The molecule has 1 atom stereocenters. The molecule has 1 aromatic heterocycles. The third-order valence-electron chi connectivity index (χ3n) is 3.17. The fourth-order valence-electron chi connectivity index (χ4n) is 2.00. The molecule has 0 aliphatic carbocycles. The summed E-state index contributed by atoms with van der Waals surface area (Å²) < 4.78 is 4.88.